The lowest BCUT2D eigenvalue weighted by Gasteiger charge is -2.36. The van der Waals surface area contributed by atoms with Gasteiger partial charge in [0, 0.05) is 32.0 Å². The second-order valence-corrected chi connectivity index (χ2v) is 7.49. The molecule has 5 nitrogen and oxygen atoms in total. The first-order chi connectivity index (χ1) is 11.2. The number of amides is 1. The molecule has 0 bridgehead atoms. The highest BCUT2D eigenvalue weighted by Crippen LogP contribution is 2.27. The Labute approximate surface area is 151 Å². The Balaban J connectivity index is 0.00000208. The van der Waals surface area contributed by atoms with Gasteiger partial charge >= 0.3 is 0 Å². The average molecular weight is 358 g/mol. The van der Waals surface area contributed by atoms with Gasteiger partial charge in [0.15, 0.2) is 5.78 Å². The summed E-state index contributed by atoms with van der Waals surface area (Å²) in [5.41, 5.74) is 0. The van der Waals surface area contributed by atoms with Gasteiger partial charge in [0.25, 0.3) is 0 Å². The fourth-order valence-electron chi connectivity index (χ4n) is 4.31. The van der Waals surface area contributed by atoms with Crippen LogP contribution in [0.5, 0.6) is 0 Å². The molecule has 0 spiro atoms. The number of nitrogens with zero attached hydrogens (tertiary/aromatic N) is 1. The van der Waals surface area contributed by atoms with Crippen LogP contribution in [-0.4, -0.2) is 55.4 Å². The minimum Gasteiger partial charge on any atom is -0.339 e. The lowest BCUT2D eigenvalue weighted by atomic mass is 9.84. The van der Waals surface area contributed by atoms with Crippen molar-refractivity contribution in [3.05, 3.63) is 0 Å². The fourth-order valence-corrected chi connectivity index (χ4v) is 4.31. The minimum atomic E-state index is -0.142. The maximum absolute atomic E-state index is 12.7. The van der Waals surface area contributed by atoms with Gasteiger partial charge in [-0.25, -0.2) is 0 Å². The summed E-state index contributed by atoms with van der Waals surface area (Å²) in [6, 6.07) is -0.142. The quantitative estimate of drug-likeness (QED) is 0.804. The lowest BCUT2D eigenvalue weighted by molar-refractivity contribution is -0.138. The van der Waals surface area contributed by atoms with Crippen LogP contribution in [0.15, 0.2) is 0 Å². The Morgan fingerprint density at radius 2 is 1.67 bits per heavy atom. The number of nitrogens with one attached hydrogen (secondary N) is 2. The molecule has 1 amide bonds. The number of hydrogen-bond acceptors (Lipinski definition) is 4. The molecule has 1 saturated carbocycles. The Kier molecular flexibility index (Phi) is 7.98. The smallest absolute Gasteiger partial charge is 0.225 e. The van der Waals surface area contributed by atoms with Crippen LogP contribution in [0.4, 0.5) is 0 Å². The number of piperidine rings is 1. The molecule has 3 aliphatic rings. The van der Waals surface area contributed by atoms with Crippen LogP contribution in [0.1, 0.15) is 51.4 Å². The van der Waals surface area contributed by atoms with E-state index in [1.807, 2.05) is 4.90 Å². The molecule has 1 atom stereocenters. The second-order valence-electron chi connectivity index (χ2n) is 7.49. The van der Waals surface area contributed by atoms with Gasteiger partial charge in [-0.2, -0.15) is 0 Å². The van der Waals surface area contributed by atoms with E-state index in [2.05, 4.69) is 10.6 Å². The van der Waals surface area contributed by atoms with Crippen molar-refractivity contribution in [1.82, 2.24) is 15.5 Å². The molecule has 0 aromatic heterocycles. The Hall–Kier alpha value is -0.650. The van der Waals surface area contributed by atoms with E-state index in [-0.39, 0.29) is 30.3 Å². The van der Waals surface area contributed by atoms with Crippen molar-refractivity contribution in [2.24, 2.45) is 11.8 Å². The Morgan fingerprint density at radius 3 is 2.38 bits per heavy atom. The first-order valence-corrected chi connectivity index (χ1v) is 9.49. The molecule has 2 N–H and O–H groups in total. The molecule has 6 heteroatoms. The topological polar surface area (TPSA) is 61.4 Å². The molecule has 24 heavy (non-hydrogen) atoms. The maximum atomic E-state index is 12.7. The molecule has 2 heterocycles. The highest BCUT2D eigenvalue weighted by Gasteiger charge is 2.32. The average Bonchev–Trinajstić information content (AvgIpc) is 2.63. The number of halogens is 1. The SMILES string of the molecule is Cl.O=C(CC1CCCCC1)C1CN(C(=O)C2CCNCC2)CCN1. The predicted molar refractivity (Wildman–Crippen MR) is 97.4 cm³/mol. The standard InChI is InChI=1S/C18H31N3O2.ClH/c22-17(12-14-4-2-1-3-5-14)16-13-21(11-10-20-16)18(23)15-6-8-19-9-7-15;/h14-16,19-20H,1-13H2;1H. The number of ketones is 1. The first-order valence-electron chi connectivity index (χ1n) is 9.49. The zero-order chi connectivity index (χ0) is 16.1. The third-order valence-electron chi connectivity index (χ3n) is 5.78. The second kappa shape index (κ2) is 9.73. The van der Waals surface area contributed by atoms with Crippen LogP contribution in [0.2, 0.25) is 0 Å². The van der Waals surface area contributed by atoms with Crippen LogP contribution in [-0.2, 0) is 9.59 Å². The van der Waals surface area contributed by atoms with Crippen LogP contribution in [0, 0.1) is 11.8 Å². The third-order valence-corrected chi connectivity index (χ3v) is 5.78. The summed E-state index contributed by atoms with van der Waals surface area (Å²) in [6.07, 6.45) is 8.85. The van der Waals surface area contributed by atoms with Crippen molar-refractivity contribution < 1.29 is 9.59 Å². The van der Waals surface area contributed by atoms with Gasteiger partial charge < -0.3 is 15.5 Å². The first kappa shape index (κ1) is 19.7. The summed E-state index contributed by atoms with van der Waals surface area (Å²) in [7, 11) is 0. The summed E-state index contributed by atoms with van der Waals surface area (Å²) >= 11 is 0. The summed E-state index contributed by atoms with van der Waals surface area (Å²) in [4.78, 5) is 27.2. The van der Waals surface area contributed by atoms with Gasteiger partial charge in [-0.15, -0.1) is 12.4 Å². The zero-order valence-corrected chi connectivity index (χ0v) is 15.4. The molecule has 0 aromatic carbocycles. The summed E-state index contributed by atoms with van der Waals surface area (Å²) in [5.74, 6) is 1.32. The van der Waals surface area contributed by atoms with Crippen molar-refractivity contribution in [1.29, 1.82) is 0 Å². The van der Waals surface area contributed by atoms with Gasteiger partial charge in [0.1, 0.15) is 0 Å². The van der Waals surface area contributed by atoms with E-state index < -0.39 is 0 Å². The number of piperazine rings is 1. The number of hydrogen-bond donors (Lipinski definition) is 2. The monoisotopic (exact) mass is 357 g/mol. The highest BCUT2D eigenvalue weighted by atomic mass is 35.5. The van der Waals surface area contributed by atoms with Gasteiger partial charge in [-0.05, 0) is 31.8 Å². The number of carbonyl (C=O) groups excluding carboxylic acids is 2. The van der Waals surface area contributed by atoms with E-state index in [0.717, 1.165) is 39.0 Å². The van der Waals surface area contributed by atoms with Gasteiger partial charge in [-0.3, -0.25) is 9.59 Å². The van der Waals surface area contributed by atoms with E-state index in [1.165, 1.54) is 32.1 Å². The van der Waals surface area contributed by atoms with E-state index in [1.54, 1.807) is 0 Å². The molecule has 1 unspecified atom stereocenters. The number of carbonyl (C=O) groups is 2. The van der Waals surface area contributed by atoms with E-state index >= 15 is 0 Å². The molecular weight excluding hydrogens is 326 g/mol. The normalized spacial score (nSPS) is 26.7. The molecule has 0 radical (unpaired) electrons. The molecule has 2 saturated heterocycles. The van der Waals surface area contributed by atoms with Crippen molar-refractivity contribution in [2.75, 3.05) is 32.7 Å². The molecule has 0 aromatic rings. The Bertz CT molecular complexity index is 420. The minimum absolute atomic E-state index is 0. The van der Waals surface area contributed by atoms with E-state index in [4.69, 9.17) is 0 Å². The largest absolute Gasteiger partial charge is 0.339 e. The lowest BCUT2D eigenvalue weighted by Crippen LogP contribution is -2.57. The van der Waals surface area contributed by atoms with Crippen molar-refractivity contribution in [2.45, 2.75) is 57.4 Å². The summed E-state index contributed by atoms with van der Waals surface area (Å²) < 4.78 is 0. The fraction of sp³-hybridized carbons (Fsp3) is 0.889. The summed E-state index contributed by atoms with van der Waals surface area (Å²) in [5, 5.41) is 6.65. The molecule has 3 rings (SSSR count). The number of Topliss-reactive ketones (excluding diaryl/α,β-unsaturated/α-hetero) is 1. The van der Waals surface area contributed by atoms with Crippen molar-refractivity contribution >= 4 is 24.1 Å². The van der Waals surface area contributed by atoms with Crippen LogP contribution < -0.4 is 10.6 Å². The molecular formula is C18H32ClN3O2. The van der Waals surface area contributed by atoms with E-state index in [9.17, 15) is 9.59 Å². The summed E-state index contributed by atoms with van der Waals surface area (Å²) in [6.45, 7) is 3.95. The van der Waals surface area contributed by atoms with Crippen molar-refractivity contribution in [3.8, 4) is 0 Å². The van der Waals surface area contributed by atoms with Crippen LogP contribution in [0.25, 0.3) is 0 Å². The molecule has 2 aliphatic heterocycles. The predicted octanol–water partition coefficient (Wildman–Crippen LogP) is 1.75. The third kappa shape index (κ3) is 5.17. The molecule has 1 aliphatic carbocycles. The molecule has 3 fully saturated rings. The number of rotatable bonds is 4. The molecule has 138 valence electrons. The Morgan fingerprint density at radius 1 is 0.958 bits per heavy atom. The van der Waals surface area contributed by atoms with Gasteiger partial charge in [-0.1, -0.05) is 32.1 Å². The maximum Gasteiger partial charge on any atom is 0.225 e. The van der Waals surface area contributed by atoms with Crippen LogP contribution >= 0.6 is 12.4 Å². The zero-order valence-electron chi connectivity index (χ0n) is 14.6. The van der Waals surface area contributed by atoms with Gasteiger partial charge in [0.05, 0.1) is 6.04 Å². The van der Waals surface area contributed by atoms with Gasteiger partial charge in [0.2, 0.25) is 5.91 Å². The van der Waals surface area contributed by atoms with Crippen LogP contribution in [0.3, 0.4) is 0 Å². The van der Waals surface area contributed by atoms with Crippen molar-refractivity contribution in [3.63, 3.8) is 0 Å². The van der Waals surface area contributed by atoms with E-state index in [0.29, 0.717) is 24.7 Å². The highest BCUT2D eigenvalue weighted by molar-refractivity contribution is 5.86.